The first-order chi connectivity index (χ1) is 17.0. The lowest BCUT2D eigenvalue weighted by molar-refractivity contribution is 0.0944. The summed E-state index contributed by atoms with van der Waals surface area (Å²) in [5.41, 5.74) is 5.98. The van der Waals surface area contributed by atoms with Crippen LogP contribution in [0.5, 0.6) is 5.75 Å². The maximum atomic E-state index is 14.5. The van der Waals surface area contributed by atoms with Gasteiger partial charge in [0.25, 0.3) is 5.91 Å². The number of amides is 1. The van der Waals surface area contributed by atoms with Gasteiger partial charge in [0.1, 0.15) is 0 Å². The van der Waals surface area contributed by atoms with Crippen LogP contribution in [0.2, 0.25) is 0 Å². The van der Waals surface area contributed by atoms with Gasteiger partial charge in [0.15, 0.2) is 11.6 Å². The van der Waals surface area contributed by atoms with Gasteiger partial charge < -0.3 is 25.1 Å². The molecule has 1 fully saturated rings. The zero-order valence-electron chi connectivity index (χ0n) is 19.5. The molecule has 178 valence electrons. The lowest BCUT2D eigenvalue weighted by atomic mass is 10.0. The van der Waals surface area contributed by atoms with Gasteiger partial charge >= 0.3 is 0 Å². The van der Waals surface area contributed by atoms with Crippen LogP contribution in [0, 0.1) is 5.82 Å². The molecule has 1 saturated carbocycles. The number of halogens is 1. The fourth-order valence-corrected chi connectivity index (χ4v) is 4.81. The predicted octanol–water partition coefficient (Wildman–Crippen LogP) is 4.82. The number of aromatic amines is 1. The third-order valence-electron chi connectivity index (χ3n) is 6.81. The molecule has 1 amide bonds. The van der Waals surface area contributed by atoms with Gasteiger partial charge in [-0.15, -0.1) is 0 Å². The van der Waals surface area contributed by atoms with E-state index in [0.29, 0.717) is 33.7 Å². The molecule has 0 unspecified atom stereocenters. The molecule has 4 heterocycles. The minimum absolute atomic E-state index is 0.0721. The van der Waals surface area contributed by atoms with Crippen molar-refractivity contribution in [2.75, 3.05) is 19.5 Å². The van der Waals surface area contributed by atoms with Crippen molar-refractivity contribution in [2.45, 2.75) is 31.4 Å². The number of hydrogen-bond donors (Lipinski definition) is 3. The molecule has 4 aromatic rings. The van der Waals surface area contributed by atoms with E-state index in [9.17, 15) is 9.18 Å². The zero-order chi connectivity index (χ0) is 24.3. The first-order valence-electron chi connectivity index (χ1n) is 11.4. The van der Waals surface area contributed by atoms with Gasteiger partial charge in [-0.05, 0) is 43.7 Å². The van der Waals surface area contributed by atoms with Crippen molar-refractivity contribution in [3.05, 3.63) is 65.4 Å². The van der Waals surface area contributed by atoms with Crippen LogP contribution in [0.15, 0.2) is 42.6 Å². The van der Waals surface area contributed by atoms with Gasteiger partial charge in [-0.25, -0.2) is 9.37 Å². The normalized spacial score (nSPS) is 19.0. The molecule has 9 heteroatoms. The monoisotopic (exact) mass is 473 g/mol. The second kappa shape index (κ2) is 8.06. The van der Waals surface area contributed by atoms with Crippen LogP contribution in [0.4, 0.5) is 15.8 Å². The van der Waals surface area contributed by atoms with Crippen molar-refractivity contribution in [1.82, 2.24) is 20.3 Å². The Hall–Kier alpha value is -3.98. The first kappa shape index (κ1) is 21.5. The molecular formula is C26H24FN5O3. The van der Waals surface area contributed by atoms with E-state index in [-0.39, 0.29) is 29.7 Å². The molecule has 0 saturated heterocycles. The Balaban J connectivity index is 1.59. The Kier molecular flexibility index (Phi) is 4.96. The summed E-state index contributed by atoms with van der Waals surface area (Å²) in [6, 6.07) is 10.4. The summed E-state index contributed by atoms with van der Waals surface area (Å²) in [5.74, 6) is -0.372. The molecular weight excluding hydrogens is 449 g/mol. The van der Waals surface area contributed by atoms with E-state index < -0.39 is 5.82 Å². The van der Waals surface area contributed by atoms with Crippen molar-refractivity contribution in [3.63, 3.8) is 0 Å². The van der Waals surface area contributed by atoms with E-state index in [0.717, 1.165) is 23.4 Å². The third kappa shape index (κ3) is 3.42. The second-order valence-corrected chi connectivity index (χ2v) is 8.87. The van der Waals surface area contributed by atoms with Crippen molar-refractivity contribution in [1.29, 1.82) is 0 Å². The van der Waals surface area contributed by atoms with Crippen LogP contribution in [-0.4, -0.2) is 41.1 Å². The fourth-order valence-electron chi connectivity index (χ4n) is 4.81. The summed E-state index contributed by atoms with van der Waals surface area (Å²) in [6.07, 6.45) is 2.40. The van der Waals surface area contributed by atoms with Crippen molar-refractivity contribution >= 4 is 28.3 Å². The molecule has 8 nitrogen and oxygen atoms in total. The molecule has 35 heavy (non-hydrogen) atoms. The standard InChI is InChI=1S/C26H24FN5O3/c1-12(34-2)16-7-8-17-21(29-16)13(9-10-28-17)23-24(30-18-6-4-5-15(27)25(18)35-3)20-22(32-23)14-11-19(14)31-26(20)33/h4-10,12,14,19,30,32H,11H2,1-3H3,(H,31,33)/t12-,14-,19+/m0/s1. The highest BCUT2D eigenvalue weighted by molar-refractivity contribution is 6.09. The second-order valence-electron chi connectivity index (χ2n) is 8.87. The van der Waals surface area contributed by atoms with Gasteiger partial charge in [0.05, 0.1) is 52.6 Å². The number of carbonyl (C=O) groups excluding carboxylic acids is 1. The number of carbonyl (C=O) groups is 1. The lowest BCUT2D eigenvalue weighted by Crippen LogP contribution is -2.31. The highest BCUT2D eigenvalue weighted by atomic mass is 19.1. The number of para-hydroxylation sites is 1. The van der Waals surface area contributed by atoms with Crippen LogP contribution in [0.1, 0.15) is 47.1 Å². The summed E-state index contributed by atoms with van der Waals surface area (Å²) in [6.45, 7) is 1.93. The molecule has 0 spiro atoms. The molecule has 3 atom stereocenters. The number of ether oxygens (including phenoxy) is 2. The highest BCUT2D eigenvalue weighted by Gasteiger charge is 2.48. The minimum atomic E-state index is -0.496. The summed E-state index contributed by atoms with van der Waals surface area (Å²) >= 11 is 0. The number of nitrogens with zero attached hydrogens (tertiary/aromatic N) is 2. The van der Waals surface area contributed by atoms with Crippen LogP contribution in [0.3, 0.4) is 0 Å². The Morgan fingerprint density at radius 3 is 2.86 bits per heavy atom. The number of rotatable bonds is 6. The maximum Gasteiger partial charge on any atom is 0.255 e. The molecule has 0 radical (unpaired) electrons. The van der Waals surface area contributed by atoms with E-state index in [1.165, 1.54) is 13.2 Å². The maximum absolute atomic E-state index is 14.5. The summed E-state index contributed by atoms with van der Waals surface area (Å²) in [4.78, 5) is 26.0. The van der Waals surface area contributed by atoms with Crippen molar-refractivity contribution in [2.24, 2.45) is 0 Å². The van der Waals surface area contributed by atoms with Gasteiger partial charge in [-0.2, -0.15) is 0 Å². The quantitative estimate of drug-likeness (QED) is 0.371. The molecule has 1 aliphatic heterocycles. The number of methoxy groups -OCH3 is 2. The lowest BCUT2D eigenvalue weighted by Gasteiger charge is -2.17. The van der Waals surface area contributed by atoms with E-state index >= 15 is 0 Å². The molecule has 3 aromatic heterocycles. The van der Waals surface area contributed by atoms with E-state index in [1.807, 2.05) is 25.1 Å². The van der Waals surface area contributed by atoms with Crippen molar-refractivity contribution < 1.29 is 18.7 Å². The molecule has 0 bridgehead atoms. The SMILES string of the molecule is COc1c(F)cccc1Nc1c(-c2ccnc3ccc([C@H](C)OC)nc23)[nH]c2c1C(=O)N[C@@H]1C[C@H]21. The van der Waals surface area contributed by atoms with Gasteiger partial charge in [0.2, 0.25) is 0 Å². The summed E-state index contributed by atoms with van der Waals surface area (Å²) in [5, 5.41) is 6.35. The van der Waals surface area contributed by atoms with Crippen LogP contribution in [0.25, 0.3) is 22.3 Å². The van der Waals surface area contributed by atoms with Gasteiger partial charge in [-0.1, -0.05) is 6.07 Å². The predicted molar refractivity (Wildman–Crippen MR) is 130 cm³/mol. The number of fused-ring (bicyclic) bond motifs is 4. The number of H-pyrrole nitrogens is 1. The number of anilines is 2. The largest absolute Gasteiger partial charge is 0.492 e. The van der Waals surface area contributed by atoms with E-state index in [4.69, 9.17) is 14.5 Å². The fraction of sp³-hybridized carbons (Fsp3) is 0.269. The third-order valence-corrected chi connectivity index (χ3v) is 6.81. The average Bonchev–Trinajstić information content (AvgIpc) is 3.55. The Bertz CT molecular complexity index is 1480. The topological polar surface area (TPSA) is 101 Å². The van der Waals surface area contributed by atoms with Gasteiger partial charge in [0, 0.05) is 36.5 Å². The van der Waals surface area contributed by atoms with Crippen molar-refractivity contribution in [3.8, 4) is 17.0 Å². The molecule has 6 rings (SSSR count). The summed E-state index contributed by atoms with van der Waals surface area (Å²) in [7, 11) is 3.05. The molecule has 1 aliphatic carbocycles. The number of hydrogen-bond acceptors (Lipinski definition) is 6. The first-order valence-corrected chi connectivity index (χ1v) is 11.4. The minimum Gasteiger partial charge on any atom is -0.492 e. The van der Waals surface area contributed by atoms with Crippen LogP contribution >= 0.6 is 0 Å². The average molecular weight is 474 g/mol. The molecule has 1 aromatic carbocycles. The van der Waals surface area contributed by atoms with E-state index in [2.05, 4.69) is 20.6 Å². The summed E-state index contributed by atoms with van der Waals surface area (Å²) < 4.78 is 25.2. The Labute approximate surface area is 200 Å². The van der Waals surface area contributed by atoms with Gasteiger partial charge in [-0.3, -0.25) is 9.78 Å². The van der Waals surface area contributed by atoms with Crippen LogP contribution < -0.4 is 15.4 Å². The molecule has 2 aliphatic rings. The highest BCUT2D eigenvalue weighted by Crippen LogP contribution is 2.50. The smallest absolute Gasteiger partial charge is 0.255 e. The number of pyridine rings is 2. The Morgan fingerprint density at radius 1 is 1.20 bits per heavy atom. The Morgan fingerprint density at radius 2 is 2.06 bits per heavy atom. The van der Waals surface area contributed by atoms with Crippen LogP contribution in [-0.2, 0) is 4.74 Å². The number of aromatic nitrogens is 3. The number of benzene rings is 1. The van der Waals surface area contributed by atoms with E-state index in [1.54, 1.807) is 25.4 Å². The molecule has 3 N–H and O–H groups in total. The zero-order valence-corrected chi connectivity index (χ0v) is 19.5. The number of nitrogens with one attached hydrogen (secondary N) is 3.